The number of fused-ring (bicyclic) bond motifs is 1. The second-order valence-electron chi connectivity index (χ2n) is 5.61. The first-order valence-corrected chi connectivity index (χ1v) is 7.77. The zero-order chi connectivity index (χ0) is 16.2. The first-order chi connectivity index (χ1) is 11.2. The lowest BCUT2D eigenvalue weighted by atomic mass is 10.0. The fraction of sp³-hybridized carbons (Fsp3) is 0.278. The summed E-state index contributed by atoms with van der Waals surface area (Å²) in [7, 11) is 0. The van der Waals surface area contributed by atoms with E-state index in [0.717, 1.165) is 36.9 Å². The lowest BCUT2D eigenvalue weighted by Gasteiger charge is -2.27. The van der Waals surface area contributed by atoms with E-state index in [-0.39, 0.29) is 17.3 Å². The van der Waals surface area contributed by atoms with Gasteiger partial charge >= 0.3 is 5.97 Å². The fourth-order valence-corrected chi connectivity index (χ4v) is 2.89. The molecule has 0 saturated heterocycles. The molecule has 1 aromatic heterocycles. The molecule has 2 heterocycles. The monoisotopic (exact) mass is 310 g/mol. The molecular formula is C18H18N2O3. The number of benzene rings is 1. The molecular weight excluding hydrogens is 292 g/mol. The van der Waals surface area contributed by atoms with Gasteiger partial charge in [0.25, 0.3) is 5.91 Å². The number of rotatable bonds is 2. The largest absolute Gasteiger partial charge is 0.477 e. The zero-order valence-electron chi connectivity index (χ0n) is 12.7. The number of para-hydroxylation sites is 1. The van der Waals surface area contributed by atoms with Crippen molar-refractivity contribution < 1.29 is 14.7 Å². The molecule has 1 amide bonds. The van der Waals surface area contributed by atoms with Crippen LogP contribution in [0.5, 0.6) is 0 Å². The standard InChI is InChI=1S/C18H18N2O3/c21-17(14-9-6-10-15(19-14)18(22)23)20-12-5-1-2-7-13-8-3-4-11-16(13)20/h3-4,6,8-11H,1-2,5,7,12H2,(H,22,23). The van der Waals surface area contributed by atoms with Crippen LogP contribution in [0.15, 0.2) is 42.5 Å². The highest BCUT2D eigenvalue weighted by Crippen LogP contribution is 2.26. The summed E-state index contributed by atoms with van der Waals surface area (Å²) in [6, 6.07) is 12.4. The number of anilines is 1. The number of amides is 1. The summed E-state index contributed by atoms with van der Waals surface area (Å²) < 4.78 is 0. The topological polar surface area (TPSA) is 70.5 Å². The van der Waals surface area contributed by atoms with E-state index in [9.17, 15) is 9.59 Å². The molecule has 1 aliphatic heterocycles. The van der Waals surface area contributed by atoms with E-state index in [4.69, 9.17) is 5.11 Å². The number of aromatic nitrogens is 1. The summed E-state index contributed by atoms with van der Waals surface area (Å²) in [5.41, 5.74) is 2.10. The van der Waals surface area contributed by atoms with Crippen molar-refractivity contribution in [3.8, 4) is 0 Å². The van der Waals surface area contributed by atoms with Gasteiger partial charge in [-0.05, 0) is 43.0 Å². The van der Waals surface area contributed by atoms with Gasteiger partial charge in [0.1, 0.15) is 11.4 Å². The average Bonchev–Trinajstić information content (AvgIpc) is 2.55. The van der Waals surface area contributed by atoms with Crippen molar-refractivity contribution in [2.75, 3.05) is 11.4 Å². The maximum absolute atomic E-state index is 12.9. The molecule has 1 N–H and O–H groups in total. The number of carboxylic acids is 1. The first-order valence-electron chi connectivity index (χ1n) is 7.77. The minimum Gasteiger partial charge on any atom is -0.477 e. The van der Waals surface area contributed by atoms with Gasteiger partial charge in [0.15, 0.2) is 0 Å². The zero-order valence-corrected chi connectivity index (χ0v) is 12.7. The molecule has 118 valence electrons. The molecule has 1 aliphatic rings. The lowest BCUT2D eigenvalue weighted by molar-refractivity contribution is 0.0690. The van der Waals surface area contributed by atoms with Crippen LogP contribution >= 0.6 is 0 Å². The lowest BCUT2D eigenvalue weighted by Crippen LogP contribution is -2.34. The quantitative estimate of drug-likeness (QED) is 0.925. The maximum Gasteiger partial charge on any atom is 0.354 e. The number of aryl methyl sites for hydroxylation is 1. The Hall–Kier alpha value is -2.69. The summed E-state index contributed by atoms with van der Waals surface area (Å²) in [5, 5.41) is 9.05. The van der Waals surface area contributed by atoms with E-state index in [0.29, 0.717) is 6.54 Å². The highest BCUT2D eigenvalue weighted by molar-refractivity contribution is 6.05. The number of pyridine rings is 1. The Balaban J connectivity index is 1.98. The number of hydrogen-bond acceptors (Lipinski definition) is 3. The molecule has 0 atom stereocenters. The number of nitrogens with zero attached hydrogens (tertiary/aromatic N) is 2. The molecule has 0 radical (unpaired) electrons. The van der Waals surface area contributed by atoms with Gasteiger partial charge in [0.2, 0.25) is 0 Å². The number of carbonyl (C=O) groups excluding carboxylic acids is 1. The van der Waals surface area contributed by atoms with Crippen molar-refractivity contribution in [2.45, 2.75) is 25.7 Å². The minimum absolute atomic E-state index is 0.115. The number of carbonyl (C=O) groups is 2. The van der Waals surface area contributed by atoms with E-state index in [1.807, 2.05) is 24.3 Å². The Morgan fingerprint density at radius 2 is 1.74 bits per heavy atom. The van der Waals surface area contributed by atoms with Crippen LogP contribution in [0, 0.1) is 0 Å². The molecule has 0 bridgehead atoms. The second kappa shape index (κ2) is 6.60. The van der Waals surface area contributed by atoms with Crippen LogP contribution in [0.4, 0.5) is 5.69 Å². The molecule has 0 aliphatic carbocycles. The van der Waals surface area contributed by atoms with Gasteiger partial charge in [0.05, 0.1) is 0 Å². The molecule has 5 heteroatoms. The van der Waals surface area contributed by atoms with Crippen molar-refractivity contribution in [1.29, 1.82) is 0 Å². The summed E-state index contributed by atoms with van der Waals surface area (Å²) in [4.78, 5) is 29.6. The van der Waals surface area contributed by atoms with E-state index >= 15 is 0 Å². The van der Waals surface area contributed by atoms with Gasteiger partial charge in [-0.15, -0.1) is 0 Å². The molecule has 23 heavy (non-hydrogen) atoms. The smallest absolute Gasteiger partial charge is 0.354 e. The van der Waals surface area contributed by atoms with Crippen molar-refractivity contribution in [2.24, 2.45) is 0 Å². The number of carboxylic acid groups (broad SMARTS) is 1. The van der Waals surface area contributed by atoms with Crippen LogP contribution in [0.1, 0.15) is 45.8 Å². The van der Waals surface area contributed by atoms with E-state index in [1.54, 1.807) is 17.0 Å². The van der Waals surface area contributed by atoms with Crippen molar-refractivity contribution in [3.05, 3.63) is 59.4 Å². The van der Waals surface area contributed by atoms with Crippen LogP contribution in [-0.4, -0.2) is 28.5 Å². The minimum atomic E-state index is -1.13. The van der Waals surface area contributed by atoms with Gasteiger partial charge in [0, 0.05) is 12.2 Å². The molecule has 0 saturated carbocycles. The molecule has 3 rings (SSSR count). The third-order valence-corrected chi connectivity index (χ3v) is 4.04. The SMILES string of the molecule is O=C(O)c1cccc(C(=O)N2CCCCCc3ccccc32)n1. The first kappa shape index (κ1) is 15.2. The Kier molecular flexibility index (Phi) is 4.37. The third-order valence-electron chi connectivity index (χ3n) is 4.04. The van der Waals surface area contributed by atoms with Gasteiger partial charge < -0.3 is 10.0 Å². The Bertz CT molecular complexity index is 743. The van der Waals surface area contributed by atoms with Crippen molar-refractivity contribution in [3.63, 3.8) is 0 Å². The number of hydrogen-bond donors (Lipinski definition) is 1. The van der Waals surface area contributed by atoms with Crippen LogP contribution in [0.2, 0.25) is 0 Å². The van der Waals surface area contributed by atoms with E-state index < -0.39 is 5.97 Å². The molecule has 2 aromatic rings. The van der Waals surface area contributed by atoms with Gasteiger partial charge in [-0.1, -0.05) is 30.7 Å². The molecule has 5 nitrogen and oxygen atoms in total. The third kappa shape index (κ3) is 3.23. The molecule has 1 aromatic carbocycles. The molecule has 0 fully saturated rings. The predicted molar refractivity (Wildman–Crippen MR) is 86.9 cm³/mol. The highest BCUT2D eigenvalue weighted by Gasteiger charge is 2.23. The highest BCUT2D eigenvalue weighted by atomic mass is 16.4. The average molecular weight is 310 g/mol. The Labute approximate surface area is 134 Å². The fourth-order valence-electron chi connectivity index (χ4n) is 2.89. The predicted octanol–water partition coefficient (Wildman–Crippen LogP) is 3.15. The van der Waals surface area contributed by atoms with Crippen LogP contribution in [-0.2, 0) is 6.42 Å². The normalized spacial score (nSPS) is 14.5. The van der Waals surface area contributed by atoms with Crippen LogP contribution < -0.4 is 4.90 Å². The van der Waals surface area contributed by atoms with Gasteiger partial charge in [-0.3, -0.25) is 4.79 Å². The maximum atomic E-state index is 12.9. The Morgan fingerprint density at radius 3 is 2.57 bits per heavy atom. The van der Waals surface area contributed by atoms with E-state index in [1.165, 1.54) is 6.07 Å². The molecule has 0 unspecified atom stereocenters. The van der Waals surface area contributed by atoms with Crippen LogP contribution in [0.3, 0.4) is 0 Å². The van der Waals surface area contributed by atoms with Gasteiger partial charge in [-0.25, -0.2) is 9.78 Å². The summed E-state index contributed by atoms with van der Waals surface area (Å²) in [6.45, 7) is 0.620. The Morgan fingerprint density at radius 1 is 0.957 bits per heavy atom. The summed E-state index contributed by atoms with van der Waals surface area (Å²) >= 11 is 0. The van der Waals surface area contributed by atoms with Crippen LogP contribution in [0.25, 0.3) is 0 Å². The van der Waals surface area contributed by atoms with E-state index in [2.05, 4.69) is 4.98 Å². The number of aromatic carboxylic acids is 1. The molecule has 0 spiro atoms. The van der Waals surface area contributed by atoms with Gasteiger partial charge in [-0.2, -0.15) is 0 Å². The second-order valence-corrected chi connectivity index (χ2v) is 5.61. The summed E-state index contributed by atoms with van der Waals surface area (Å²) in [5.74, 6) is -1.38. The summed E-state index contributed by atoms with van der Waals surface area (Å²) in [6.07, 6.45) is 4.06. The van der Waals surface area contributed by atoms with Crippen molar-refractivity contribution in [1.82, 2.24) is 4.98 Å². The van der Waals surface area contributed by atoms with Crippen molar-refractivity contribution >= 4 is 17.6 Å².